The van der Waals surface area contributed by atoms with E-state index < -0.39 is 6.10 Å². The first kappa shape index (κ1) is 15.4. The Morgan fingerprint density at radius 1 is 1.19 bits per heavy atom. The molecule has 2 aromatic rings. The Morgan fingerprint density at radius 2 is 1.90 bits per heavy atom. The quantitative estimate of drug-likeness (QED) is 0.911. The molecule has 0 heterocycles. The lowest BCUT2D eigenvalue weighted by Gasteiger charge is -2.16. The smallest absolute Gasteiger partial charge is 0.265 e. The number of aryl methyl sites for hydroxylation is 2. The summed E-state index contributed by atoms with van der Waals surface area (Å²) in [6.45, 7) is 5.67. The summed E-state index contributed by atoms with van der Waals surface area (Å²) in [5, 5.41) is 3.36. The molecule has 0 bridgehead atoms. The van der Waals surface area contributed by atoms with E-state index in [1.807, 2.05) is 44.2 Å². The second-order valence-corrected chi connectivity index (χ2v) is 5.41. The molecule has 3 nitrogen and oxygen atoms in total. The summed E-state index contributed by atoms with van der Waals surface area (Å²) in [7, 11) is 0. The largest absolute Gasteiger partial charge is 0.479 e. The molecule has 1 unspecified atom stereocenters. The molecule has 1 atom stereocenters. The van der Waals surface area contributed by atoms with Gasteiger partial charge >= 0.3 is 0 Å². The highest BCUT2D eigenvalue weighted by Crippen LogP contribution is 2.24. The predicted molar refractivity (Wildman–Crippen MR) is 86.1 cm³/mol. The van der Waals surface area contributed by atoms with Crippen molar-refractivity contribution in [2.24, 2.45) is 0 Å². The SMILES string of the molecule is Cc1ccc(NC(=O)C(C)Oc2ccccc2Cl)c(C)c1. The minimum absolute atomic E-state index is 0.207. The van der Waals surface area contributed by atoms with E-state index in [1.165, 1.54) is 0 Å². The molecule has 0 spiro atoms. The highest BCUT2D eigenvalue weighted by atomic mass is 35.5. The van der Waals surface area contributed by atoms with E-state index in [2.05, 4.69) is 5.32 Å². The Labute approximate surface area is 129 Å². The molecular weight excluding hydrogens is 286 g/mol. The van der Waals surface area contributed by atoms with Crippen LogP contribution in [0.15, 0.2) is 42.5 Å². The molecule has 0 saturated heterocycles. The van der Waals surface area contributed by atoms with Gasteiger partial charge in [-0.15, -0.1) is 0 Å². The van der Waals surface area contributed by atoms with Crippen molar-refractivity contribution in [3.63, 3.8) is 0 Å². The van der Waals surface area contributed by atoms with Gasteiger partial charge in [-0.05, 0) is 44.5 Å². The molecule has 1 amide bonds. The summed E-state index contributed by atoms with van der Waals surface area (Å²) < 4.78 is 5.60. The molecule has 2 aromatic carbocycles. The highest BCUT2D eigenvalue weighted by molar-refractivity contribution is 6.32. The Balaban J connectivity index is 2.04. The fourth-order valence-electron chi connectivity index (χ4n) is 1.97. The van der Waals surface area contributed by atoms with Gasteiger partial charge in [-0.3, -0.25) is 4.79 Å². The third-order valence-corrected chi connectivity index (χ3v) is 3.46. The van der Waals surface area contributed by atoms with E-state index in [0.29, 0.717) is 10.8 Å². The Hall–Kier alpha value is -2.00. The number of hydrogen-bond donors (Lipinski definition) is 1. The van der Waals surface area contributed by atoms with Crippen LogP contribution in [0.3, 0.4) is 0 Å². The number of carbonyl (C=O) groups excluding carboxylic acids is 1. The van der Waals surface area contributed by atoms with Crippen molar-refractivity contribution in [2.75, 3.05) is 5.32 Å². The number of hydrogen-bond acceptors (Lipinski definition) is 2. The van der Waals surface area contributed by atoms with Crippen molar-refractivity contribution in [1.29, 1.82) is 0 Å². The summed E-state index contributed by atoms with van der Waals surface area (Å²) in [6, 6.07) is 13.0. The zero-order valence-corrected chi connectivity index (χ0v) is 13.1. The molecule has 0 aliphatic carbocycles. The maximum Gasteiger partial charge on any atom is 0.265 e. The first-order chi connectivity index (χ1) is 9.97. The molecule has 1 N–H and O–H groups in total. The van der Waals surface area contributed by atoms with E-state index in [0.717, 1.165) is 16.8 Å². The van der Waals surface area contributed by atoms with Gasteiger partial charge in [0.1, 0.15) is 5.75 Å². The minimum atomic E-state index is -0.634. The number of rotatable bonds is 4. The molecule has 2 rings (SSSR count). The summed E-state index contributed by atoms with van der Waals surface area (Å²) in [5.74, 6) is 0.296. The molecule has 0 aliphatic rings. The number of anilines is 1. The van der Waals surface area contributed by atoms with Gasteiger partial charge in [0, 0.05) is 5.69 Å². The first-order valence-electron chi connectivity index (χ1n) is 6.76. The second-order valence-electron chi connectivity index (χ2n) is 5.00. The van der Waals surface area contributed by atoms with Crippen LogP contribution in [0.25, 0.3) is 0 Å². The maximum absolute atomic E-state index is 12.2. The third kappa shape index (κ3) is 3.99. The number of carbonyl (C=O) groups is 1. The van der Waals surface area contributed by atoms with E-state index in [4.69, 9.17) is 16.3 Å². The molecule has 0 aliphatic heterocycles. The highest BCUT2D eigenvalue weighted by Gasteiger charge is 2.16. The van der Waals surface area contributed by atoms with Crippen LogP contribution in [-0.2, 0) is 4.79 Å². The lowest BCUT2D eigenvalue weighted by Crippen LogP contribution is -2.30. The molecule has 110 valence electrons. The summed E-state index contributed by atoms with van der Waals surface area (Å²) >= 11 is 6.02. The predicted octanol–water partition coefficient (Wildman–Crippen LogP) is 4.36. The van der Waals surface area contributed by atoms with Crippen molar-refractivity contribution >= 4 is 23.2 Å². The van der Waals surface area contributed by atoms with Gasteiger partial charge in [-0.2, -0.15) is 0 Å². The molecule has 0 radical (unpaired) electrons. The average molecular weight is 304 g/mol. The van der Waals surface area contributed by atoms with Crippen molar-refractivity contribution in [1.82, 2.24) is 0 Å². The number of amides is 1. The molecule has 21 heavy (non-hydrogen) atoms. The number of benzene rings is 2. The van der Waals surface area contributed by atoms with Crippen LogP contribution in [0.1, 0.15) is 18.1 Å². The van der Waals surface area contributed by atoms with Gasteiger partial charge in [-0.1, -0.05) is 41.4 Å². The van der Waals surface area contributed by atoms with E-state index in [9.17, 15) is 4.79 Å². The normalized spacial score (nSPS) is 11.8. The summed E-state index contributed by atoms with van der Waals surface area (Å²) in [4.78, 5) is 12.2. The van der Waals surface area contributed by atoms with Gasteiger partial charge < -0.3 is 10.1 Å². The van der Waals surface area contributed by atoms with Crippen LogP contribution in [-0.4, -0.2) is 12.0 Å². The van der Waals surface area contributed by atoms with Gasteiger partial charge in [0.15, 0.2) is 6.10 Å². The zero-order chi connectivity index (χ0) is 15.4. The van der Waals surface area contributed by atoms with Gasteiger partial charge in [0.05, 0.1) is 5.02 Å². The Bertz CT molecular complexity index is 655. The summed E-state index contributed by atoms with van der Waals surface area (Å²) in [5.41, 5.74) is 2.97. The van der Waals surface area contributed by atoms with Crippen LogP contribution >= 0.6 is 11.6 Å². The van der Waals surface area contributed by atoms with Gasteiger partial charge in [0.2, 0.25) is 0 Å². The monoisotopic (exact) mass is 303 g/mol. The van der Waals surface area contributed by atoms with E-state index in [1.54, 1.807) is 19.1 Å². The molecular formula is C17H18ClNO2. The van der Waals surface area contributed by atoms with Crippen LogP contribution in [0.4, 0.5) is 5.69 Å². The number of nitrogens with one attached hydrogen (secondary N) is 1. The van der Waals surface area contributed by atoms with Crippen LogP contribution in [0.5, 0.6) is 5.75 Å². The minimum Gasteiger partial charge on any atom is -0.479 e. The second kappa shape index (κ2) is 6.64. The number of para-hydroxylation sites is 1. The molecule has 0 saturated carbocycles. The fraction of sp³-hybridized carbons (Fsp3) is 0.235. The Kier molecular flexibility index (Phi) is 4.86. The van der Waals surface area contributed by atoms with Gasteiger partial charge in [-0.25, -0.2) is 0 Å². The lowest BCUT2D eigenvalue weighted by molar-refractivity contribution is -0.122. The van der Waals surface area contributed by atoms with E-state index in [-0.39, 0.29) is 5.91 Å². The molecule has 0 aromatic heterocycles. The van der Waals surface area contributed by atoms with Crippen molar-refractivity contribution in [2.45, 2.75) is 26.9 Å². The zero-order valence-electron chi connectivity index (χ0n) is 12.3. The molecule has 0 fully saturated rings. The average Bonchev–Trinajstić information content (AvgIpc) is 2.44. The molecule has 4 heteroatoms. The van der Waals surface area contributed by atoms with Crippen LogP contribution in [0.2, 0.25) is 5.02 Å². The Morgan fingerprint density at radius 3 is 2.57 bits per heavy atom. The van der Waals surface area contributed by atoms with Crippen LogP contribution < -0.4 is 10.1 Å². The van der Waals surface area contributed by atoms with Gasteiger partial charge in [0.25, 0.3) is 5.91 Å². The first-order valence-corrected chi connectivity index (χ1v) is 7.14. The standard InChI is InChI=1S/C17H18ClNO2/c1-11-8-9-15(12(2)10-11)19-17(20)13(3)21-16-7-5-4-6-14(16)18/h4-10,13H,1-3H3,(H,19,20). The number of ether oxygens (including phenoxy) is 1. The van der Waals surface area contributed by atoms with Crippen molar-refractivity contribution in [3.05, 3.63) is 58.6 Å². The number of halogens is 1. The summed E-state index contributed by atoms with van der Waals surface area (Å²) in [6.07, 6.45) is -0.634. The fourth-order valence-corrected chi connectivity index (χ4v) is 2.15. The topological polar surface area (TPSA) is 38.3 Å². The van der Waals surface area contributed by atoms with Crippen molar-refractivity contribution < 1.29 is 9.53 Å². The third-order valence-electron chi connectivity index (χ3n) is 3.15. The van der Waals surface area contributed by atoms with E-state index >= 15 is 0 Å². The van der Waals surface area contributed by atoms with Crippen LogP contribution in [0, 0.1) is 13.8 Å². The lowest BCUT2D eigenvalue weighted by atomic mass is 10.1. The van der Waals surface area contributed by atoms with Crippen molar-refractivity contribution in [3.8, 4) is 5.75 Å². The maximum atomic E-state index is 12.2.